The lowest BCUT2D eigenvalue weighted by atomic mass is 10.0. The Labute approximate surface area is 116 Å². The Morgan fingerprint density at radius 2 is 1.79 bits per heavy atom. The highest BCUT2D eigenvalue weighted by Crippen LogP contribution is 2.28. The number of piperazine rings is 1. The summed E-state index contributed by atoms with van der Waals surface area (Å²) in [4.78, 5) is 4.94. The molecule has 1 heterocycles. The van der Waals surface area contributed by atoms with Crippen molar-refractivity contribution in [1.82, 2.24) is 4.90 Å². The van der Waals surface area contributed by atoms with Crippen LogP contribution in [0.1, 0.15) is 38.4 Å². The number of anilines is 1. The number of hydrogen-bond donors (Lipinski definition) is 1. The molecule has 0 saturated carbocycles. The third-order valence-electron chi connectivity index (χ3n) is 3.94. The first kappa shape index (κ1) is 14.4. The zero-order valence-electron chi connectivity index (χ0n) is 12.2. The molecule has 106 valence electrons. The number of aliphatic hydroxyl groups is 1. The Morgan fingerprint density at radius 3 is 2.42 bits per heavy atom. The summed E-state index contributed by atoms with van der Waals surface area (Å²) in [7, 11) is 0. The topological polar surface area (TPSA) is 26.7 Å². The molecule has 1 N–H and O–H groups in total. The molecule has 2 rings (SSSR count). The van der Waals surface area contributed by atoms with E-state index in [1.165, 1.54) is 18.7 Å². The third-order valence-corrected chi connectivity index (χ3v) is 3.94. The summed E-state index contributed by atoms with van der Waals surface area (Å²) in [6.45, 7) is 9.85. The minimum Gasteiger partial charge on any atom is -0.388 e. The first-order valence-corrected chi connectivity index (χ1v) is 7.50. The fourth-order valence-electron chi connectivity index (χ4n) is 2.81. The van der Waals surface area contributed by atoms with Gasteiger partial charge in [-0.2, -0.15) is 0 Å². The molecule has 3 nitrogen and oxygen atoms in total. The Morgan fingerprint density at radius 1 is 1.11 bits per heavy atom. The molecule has 1 aliphatic heterocycles. The van der Waals surface area contributed by atoms with Crippen LogP contribution >= 0.6 is 0 Å². The lowest BCUT2D eigenvalue weighted by Crippen LogP contribution is -2.46. The summed E-state index contributed by atoms with van der Waals surface area (Å²) in [6, 6.07) is 8.29. The largest absolute Gasteiger partial charge is 0.388 e. The van der Waals surface area contributed by atoms with Crippen LogP contribution in [0.4, 0.5) is 5.69 Å². The molecule has 19 heavy (non-hydrogen) atoms. The van der Waals surface area contributed by atoms with E-state index >= 15 is 0 Å². The third kappa shape index (κ3) is 3.48. The monoisotopic (exact) mass is 262 g/mol. The van der Waals surface area contributed by atoms with Crippen molar-refractivity contribution in [2.75, 3.05) is 37.6 Å². The highest BCUT2D eigenvalue weighted by Gasteiger charge is 2.20. The van der Waals surface area contributed by atoms with E-state index in [-0.39, 0.29) is 6.10 Å². The van der Waals surface area contributed by atoms with Gasteiger partial charge < -0.3 is 10.0 Å². The van der Waals surface area contributed by atoms with Crippen LogP contribution in [0.3, 0.4) is 0 Å². The number of para-hydroxylation sites is 1. The summed E-state index contributed by atoms with van der Waals surface area (Å²) in [6.07, 6.45) is 1.66. The van der Waals surface area contributed by atoms with Crippen molar-refractivity contribution in [2.24, 2.45) is 0 Å². The number of nitrogens with zero attached hydrogens (tertiary/aromatic N) is 2. The van der Waals surface area contributed by atoms with E-state index in [9.17, 15) is 5.11 Å². The quantitative estimate of drug-likeness (QED) is 0.884. The minimum atomic E-state index is -0.343. The van der Waals surface area contributed by atoms with Crippen molar-refractivity contribution in [3.8, 4) is 0 Å². The fraction of sp³-hybridized carbons (Fsp3) is 0.625. The second-order valence-electron chi connectivity index (χ2n) is 5.31. The van der Waals surface area contributed by atoms with Gasteiger partial charge in [0.05, 0.1) is 6.10 Å². The van der Waals surface area contributed by atoms with Crippen LogP contribution in [0.25, 0.3) is 0 Å². The standard InChI is InChI=1S/C16H26N2O/c1-3-9-17-10-12-18(13-11-17)15-8-6-5-7-14(15)16(19)4-2/h5-8,16,19H,3-4,9-13H2,1-2H3. The van der Waals surface area contributed by atoms with Crippen molar-refractivity contribution in [2.45, 2.75) is 32.8 Å². The van der Waals surface area contributed by atoms with Crippen molar-refractivity contribution < 1.29 is 5.11 Å². The average Bonchev–Trinajstić information content (AvgIpc) is 2.47. The minimum absolute atomic E-state index is 0.343. The average molecular weight is 262 g/mol. The summed E-state index contributed by atoms with van der Waals surface area (Å²) in [5.41, 5.74) is 2.29. The van der Waals surface area contributed by atoms with Gasteiger partial charge >= 0.3 is 0 Å². The van der Waals surface area contributed by atoms with Gasteiger partial charge in [0, 0.05) is 37.4 Å². The first-order valence-electron chi connectivity index (χ1n) is 7.50. The number of benzene rings is 1. The van der Waals surface area contributed by atoms with Gasteiger partial charge in [0.15, 0.2) is 0 Å². The Balaban J connectivity index is 2.07. The van der Waals surface area contributed by atoms with E-state index in [4.69, 9.17) is 0 Å². The normalized spacial score (nSPS) is 18.6. The van der Waals surface area contributed by atoms with E-state index in [2.05, 4.69) is 34.9 Å². The number of rotatable bonds is 5. The van der Waals surface area contributed by atoms with Gasteiger partial charge in [0.1, 0.15) is 0 Å². The van der Waals surface area contributed by atoms with Crippen LogP contribution in [0, 0.1) is 0 Å². The van der Waals surface area contributed by atoms with Crippen molar-refractivity contribution in [3.05, 3.63) is 29.8 Å². The van der Waals surface area contributed by atoms with E-state index in [1.807, 2.05) is 13.0 Å². The van der Waals surface area contributed by atoms with Gasteiger partial charge in [0.25, 0.3) is 0 Å². The second-order valence-corrected chi connectivity index (χ2v) is 5.31. The summed E-state index contributed by atoms with van der Waals surface area (Å²) in [5.74, 6) is 0. The van der Waals surface area contributed by atoms with Crippen molar-refractivity contribution in [1.29, 1.82) is 0 Å². The van der Waals surface area contributed by atoms with Crippen LogP contribution in [0.2, 0.25) is 0 Å². The smallest absolute Gasteiger partial charge is 0.0807 e. The fourth-order valence-corrected chi connectivity index (χ4v) is 2.81. The molecular formula is C16H26N2O. The van der Waals surface area contributed by atoms with E-state index in [0.29, 0.717) is 0 Å². The predicted octanol–water partition coefficient (Wildman–Crippen LogP) is 2.66. The Hall–Kier alpha value is -1.06. The highest BCUT2D eigenvalue weighted by atomic mass is 16.3. The molecule has 0 amide bonds. The first-order chi connectivity index (χ1) is 9.26. The summed E-state index contributed by atoms with van der Waals surface area (Å²) in [5, 5.41) is 10.1. The zero-order chi connectivity index (χ0) is 13.7. The maximum Gasteiger partial charge on any atom is 0.0807 e. The second kappa shape index (κ2) is 6.92. The molecule has 1 aromatic rings. The molecule has 1 saturated heterocycles. The predicted molar refractivity (Wildman–Crippen MR) is 80.6 cm³/mol. The van der Waals surface area contributed by atoms with Gasteiger partial charge in [-0.3, -0.25) is 4.90 Å². The number of hydrogen-bond acceptors (Lipinski definition) is 3. The van der Waals surface area contributed by atoms with Gasteiger partial charge in [-0.15, -0.1) is 0 Å². The lowest BCUT2D eigenvalue weighted by Gasteiger charge is -2.37. The van der Waals surface area contributed by atoms with Crippen LogP contribution in [0.15, 0.2) is 24.3 Å². The van der Waals surface area contributed by atoms with Crippen molar-refractivity contribution in [3.63, 3.8) is 0 Å². The van der Waals surface area contributed by atoms with Gasteiger partial charge in [0.2, 0.25) is 0 Å². The van der Waals surface area contributed by atoms with Gasteiger partial charge in [-0.25, -0.2) is 0 Å². The molecule has 1 atom stereocenters. The zero-order valence-corrected chi connectivity index (χ0v) is 12.2. The Kier molecular flexibility index (Phi) is 5.23. The summed E-state index contributed by atoms with van der Waals surface area (Å²) < 4.78 is 0. The van der Waals surface area contributed by atoms with E-state index < -0.39 is 0 Å². The highest BCUT2D eigenvalue weighted by molar-refractivity contribution is 5.55. The molecule has 1 fully saturated rings. The molecule has 1 aromatic carbocycles. The molecule has 0 bridgehead atoms. The lowest BCUT2D eigenvalue weighted by molar-refractivity contribution is 0.173. The van der Waals surface area contributed by atoms with Gasteiger partial charge in [-0.05, 0) is 25.5 Å². The van der Waals surface area contributed by atoms with Crippen molar-refractivity contribution >= 4 is 5.69 Å². The maximum absolute atomic E-state index is 10.1. The number of aliphatic hydroxyl groups excluding tert-OH is 1. The maximum atomic E-state index is 10.1. The molecule has 1 unspecified atom stereocenters. The molecule has 0 aromatic heterocycles. The van der Waals surface area contributed by atoms with Crippen LogP contribution < -0.4 is 4.90 Å². The van der Waals surface area contributed by atoms with Gasteiger partial charge in [-0.1, -0.05) is 32.0 Å². The van der Waals surface area contributed by atoms with Crippen LogP contribution in [-0.4, -0.2) is 42.7 Å². The molecular weight excluding hydrogens is 236 g/mol. The Bertz CT molecular complexity index is 386. The molecule has 0 radical (unpaired) electrons. The molecule has 0 aliphatic carbocycles. The summed E-state index contributed by atoms with van der Waals surface area (Å²) >= 11 is 0. The van der Waals surface area contributed by atoms with E-state index in [0.717, 1.165) is 38.2 Å². The molecule has 3 heteroatoms. The van der Waals surface area contributed by atoms with Crippen LogP contribution in [0.5, 0.6) is 0 Å². The molecule has 0 spiro atoms. The van der Waals surface area contributed by atoms with E-state index in [1.54, 1.807) is 0 Å². The molecule has 1 aliphatic rings. The van der Waals surface area contributed by atoms with Crippen LogP contribution in [-0.2, 0) is 0 Å². The SMILES string of the molecule is CCCN1CCN(c2ccccc2C(O)CC)CC1.